The van der Waals surface area contributed by atoms with Crippen molar-refractivity contribution in [2.24, 2.45) is 0 Å². The third-order valence-corrected chi connectivity index (χ3v) is 4.47. The molecule has 2 aromatic carbocycles. The Morgan fingerprint density at radius 2 is 1.90 bits per heavy atom. The predicted molar refractivity (Wildman–Crippen MR) is 86.5 cm³/mol. The van der Waals surface area contributed by atoms with Crippen LogP contribution in [0.1, 0.15) is 54.1 Å². The molecule has 0 radical (unpaired) electrons. The number of hydrogen-bond acceptors (Lipinski definition) is 2. The normalized spacial score (nSPS) is 19.0. The molecule has 0 bridgehead atoms. The quantitative estimate of drug-likeness (QED) is 0.872. The molecule has 21 heavy (non-hydrogen) atoms. The number of aryl methyl sites for hydroxylation is 2. The Morgan fingerprint density at radius 1 is 1.14 bits per heavy atom. The molecule has 0 saturated heterocycles. The zero-order valence-corrected chi connectivity index (χ0v) is 12.8. The fourth-order valence-electron chi connectivity index (χ4n) is 3.23. The zero-order valence-electron chi connectivity index (χ0n) is 12.8. The van der Waals surface area contributed by atoms with Gasteiger partial charge < -0.3 is 10.4 Å². The van der Waals surface area contributed by atoms with Gasteiger partial charge in [0.05, 0.1) is 0 Å². The molecule has 1 aliphatic carbocycles. The van der Waals surface area contributed by atoms with Crippen LogP contribution in [0.3, 0.4) is 0 Å². The summed E-state index contributed by atoms with van der Waals surface area (Å²) >= 11 is 0. The van der Waals surface area contributed by atoms with E-state index in [0.29, 0.717) is 17.8 Å². The minimum atomic E-state index is 0.329. The van der Waals surface area contributed by atoms with Crippen LogP contribution in [0.2, 0.25) is 0 Å². The molecular formula is C19H23NO. The molecule has 0 amide bonds. The van der Waals surface area contributed by atoms with E-state index < -0.39 is 0 Å². The van der Waals surface area contributed by atoms with Gasteiger partial charge in [0.2, 0.25) is 0 Å². The molecule has 0 aromatic heterocycles. The molecule has 0 spiro atoms. The molecule has 0 fully saturated rings. The molecule has 0 heterocycles. The minimum absolute atomic E-state index is 0.329. The Bertz CT molecular complexity index is 618. The molecule has 2 N–H and O–H groups in total. The Kier molecular flexibility index (Phi) is 3.98. The van der Waals surface area contributed by atoms with Gasteiger partial charge in [-0.15, -0.1) is 0 Å². The van der Waals surface area contributed by atoms with Crippen LogP contribution >= 0.6 is 0 Å². The van der Waals surface area contributed by atoms with Crippen molar-refractivity contribution in [2.75, 3.05) is 0 Å². The van der Waals surface area contributed by atoms with Crippen molar-refractivity contribution < 1.29 is 5.11 Å². The number of nitrogens with one attached hydrogen (secondary N) is 1. The number of aromatic hydroxyl groups is 1. The highest BCUT2D eigenvalue weighted by Crippen LogP contribution is 2.33. The highest BCUT2D eigenvalue weighted by Gasteiger charge is 2.22. The van der Waals surface area contributed by atoms with E-state index in [0.717, 1.165) is 12.8 Å². The lowest BCUT2D eigenvalue weighted by molar-refractivity contribution is 0.412. The number of fused-ring (bicyclic) bond motifs is 1. The lowest BCUT2D eigenvalue weighted by atomic mass is 9.87. The van der Waals surface area contributed by atoms with Crippen LogP contribution in [-0.4, -0.2) is 5.11 Å². The molecule has 1 aliphatic rings. The fraction of sp³-hybridized carbons (Fsp3) is 0.368. The van der Waals surface area contributed by atoms with Gasteiger partial charge >= 0.3 is 0 Å². The van der Waals surface area contributed by atoms with Gasteiger partial charge in [0.25, 0.3) is 0 Å². The molecule has 2 nitrogen and oxygen atoms in total. The molecular weight excluding hydrogens is 258 g/mol. The van der Waals surface area contributed by atoms with Gasteiger partial charge in [-0.25, -0.2) is 0 Å². The van der Waals surface area contributed by atoms with E-state index in [1.807, 2.05) is 6.07 Å². The van der Waals surface area contributed by atoms with Crippen molar-refractivity contribution in [3.63, 3.8) is 0 Å². The summed E-state index contributed by atoms with van der Waals surface area (Å²) in [6, 6.07) is 15.2. The van der Waals surface area contributed by atoms with Gasteiger partial charge in [-0.1, -0.05) is 35.9 Å². The van der Waals surface area contributed by atoms with Gasteiger partial charge in [0.1, 0.15) is 5.75 Å². The van der Waals surface area contributed by atoms with Crippen LogP contribution in [0.15, 0.2) is 42.5 Å². The lowest BCUT2D eigenvalue weighted by Gasteiger charge is -2.29. The van der Waals surface area contributed by atoms with Gasteiger partial charge in [0.15, 0.2) is 0 Å². The van der Waals surface area contributed by atoms with Crippen LogP contribution in [0, 0.1) is 6.92 Å². The van der Waals surface area contributed by atoms with E-state index in [2.05, 4.69) is 49.5 Å². The summed E-state index contributed by atoms with van der Waals surface area (Å²) in [6.07, 6.45) is 3.41. The molecule has 0 saturated carbocycles. The average Bonchev–Trinajstić information content (AvgIpc) is 2.47. The second-order valence-corrected chi connectivity index (χ2v) is 6.13. The standard InChI is InChI=1S/C19H23NO/c1-13-6-8-15(9-7-13)14(2)20-19-5-3-4-16-12-17(21)10-11-18(16)19/h6-12,14,19-21H,3-5H2,1-2H3/t14-,19?/m0/s1. The van der Waals surface area contributed by atoms with E-state index in [1.165, 1.54) is 28.7 Å². The first kappa shape index (κ1) is 14.2. The van der Waals surface area contributed by atoms with E-state index in [9.17, 15) is 5.11 Å². The van der Waals surface area contributed by atoms with Crippen molar-refractivity contribution in [2.45, 2.75) is 45.2 Å². The smallest absolute Gasteiger partial charge is 0.115 e. The lowest BCUT2D eigenvalue weighted by Crippen LogP contribution is -2.27. The Morgan fingerprint density at radius 3 is 2.67 bits per heavy atom. The Labute approximate surface area is 126 Å². The van der Waals surface area contributed by atoms with Crippen molar-refractivity contribution in [3.05, 3.63) is 64.7 Å². The highest BCUT2D eigenvalue weighted by molar-refractivity contribution is 5.38. The predicted octanol–water partition coefficient (Wildman–Crippen LogP) is 4.43. The van der Waals surface area contributed by atoms with E-state index in [1.54, 1.807) is 6.07 Å². The highest BCUT2D eigenvalue weighted by atomic mass is 16.3. The summed E-state index contributed by atoms with van der Waals surface area (Å²) in [5, 5.41) is 13.4. The summed E-state index contributed by atoms with van der Waals surface area (Å²) < 4.78 is 0. The molecule has 0 aliphatic heterocycles. The van der Waals surface area contributed by atoms with Crippen molar-refractivity contribution in [1.29, 1.82) is 0 Å². The third-order valence-electron chi connectivity index (χ3n) is 4.47. The number of hydrogen-bond donors (Lipinski definition) is 2. The third kappa shape index (κ3) is 3.11. The zero-order chi connectivity index (χ0) is 14.8. The fourth-order valence-corrected chi connectivity index (χ4v) is 3.23. The van der Waals surface area contributed by atoms with Crippen LogP contribution in [0.25, 0.3) is 0 Å². The maximum atomic E-state index is 9.64. The molecule has 2 aromatic rings. The van der Waals surface area contributed by atoms with Crippen molar-refractivity contribution >= 4 is 0 Å². The van der Waals surface area contributed by atoms with Crippen LogP contribution in [0.4, 0.5) is 0 Å². The maximum absolute atomic E-state index is 9.64. The second-order valence-electron chi connectivity index (χ2n) is 6.13. The largest absolute Gasteiger partial charge is 0.508 e. The molecule has 3 rings (SSSR count). The summed E-state index contributed by atoms with van der Waals surface area (Å²) in [6.45, 7) is 4.34. The summed E-state index contributed by atoms with van der Waals surface area (Å²) in [5.41, 5.74) is 5.25. The van der Waals surface area contributed by atoms with Gasteiger partial charge in [-0.05, 0) is 61.9 Å². The van der Waals surface area contributed by atoms with Crippen molar-refractivity contribution in [3.8, 4) is 5.75 Å². The van der Waals surface area contributed by atoms with Crippen molar-refractivity contribution in [1.82, 2.24) is 5.32 Å². The van der Waals surface area contributed by atoms with Crippen LogP contribution in [0.5, 0.6) is 5.75 Å². The topological polar surface area (TPSA) is 32.3 Å². The number of benzene rings is 2. The molecule has 2 atom stereocenters. The SMILES string of the molecule is Cc1ccc([C@H](C)NC2CCCc3cc(O)ccc32)cc1. The van der Waals surface area contributed by atoms with Crippen LogP contribution < -0.4 is 5.32 Å². The molecule has 110 valence electrons. The minimum Gasteiger partial charge on any atom is -0.508 e. The average molecular weight is 281 g/mol. The number of phenols is 1. The van der Waals surface area contributed by atoms with E-state index >= 15 is 0 Å². The first-order valence-corrected chi connectivity index (χ1v) is 7.78. The first-order chi connectivity index (χ1) is 10.1. The second kappa shape index (κ2) is 5.90. The summed E-state index contributed by atoms with van der Waals surface area (Å²) in [7, 11) is 0. The van der Waals surface area contributed by atoms with Gasteiger partial charge in [-0.2, -0.15) is 0 Å². The van der Waals surface area contributed by atoms with Gasteiger partial charge in [-0.3, -0.25) is 0 Å². The summed E-state index contributed by atoms with van der Waals surface area (Å²) in [4.78, 5) is 0. The Hall–Kier alpha value is -1.80. The first-order valence-electron chi connectivity index (χ1n) is 7.78. The maximum Gasteiger partial charge on any atom is 0.115 e. The van der Waals surface area contributed by atoms with E-state index in [4.69, 9.17) is 0 Å². The monoisotopic (exact) mass is 281 g/mol. The molecule has 1 unspecified atom stereocenters. The number of rotatable bonds is 3. The Balaban J connectivity index is 1.78. The molecule has 2 heteroatoms. The number of phenolic OH excluding ortho intramolecular Hbond substituents is 1. The van der Waals surface area contributed by atoms with E-state index in [-0.39, 0.29) is 0 Å². The van der Waals surface area contributed by atoms with Gasteiger partial charge in [0, 0.05) is 12.1 Å². The summed E-state index contributed by atoms with van der Waals surface area (Å²) in [5.74, 6) is 0.376. The van der Waals surface area contributed by atoms with Crippen LogP contribution in [-0.2, 0) is 6.42 Å².